The lowest BCUT2D eigenvalue weighted by Gasteiger charge is -2.13. The summed E-state index contributed by atoms with van der Waals surface area (Å²) in [6.07, 6.45) is 6.50. The predicted molar refractivity (Wildman–Crippen MR) is 113 cm³/mol. The highest BCUT2D eigenvalue weighted by Gasteiger charge is 2.09. The summed E-state index contributed by atoms with van der Waals surface area (Å²) >= 11 is 0. The van der Waals surface area contributed by atoms with E-state index >= 15 is 0 Å². The quantitative estimate of drug-likeness (QED) is 0.472. The molecule has 0 saturated carbocycles. The van der Waals surface area contributed by atoms with E-state index in [1.165, 1.54) is 22.1 Å². The van der Waals surface area contributed by atoms with E-state index in [0.717, 1.165) is 23.3 Å². The zero-order chi connectivity index (χ0) is 18.6. The molecule has 0 saturated heterocycles. The molecule has 0 amide bonds. The van der Waals surface area contributed by atoms with Crippen molar-refractivity contribution in [1.29, 1.82) is 0 Å². The van der Waals surface area contributed by atoms with Crippen LogP contribution in [0.2, 0.25) is 0 Å². The highest BCUT2D eigenvalue weighted by molar-refractivity contribution is 5.95. The summed E-state index contributed by atoms with van der Waals surface area (Å²) < 4.78 is 0. The second-order valence-corrected chi connectivity index (χ2v) is 7.11. The van der Waals surface area contributed by atoms with Crippen molar-refractivity contribution in [3.63, 3.8) is 0 Å². The van der Waals surface area contributed by atoms with Crippen molar-refractivity contribution >= 4 is 22.3 Å². The summed E-state index contributed by atoms with van der Waals surface area (Å²) in [6, 6.07) is 21.1. The van der Waals surface area contributed by atoms with E-state index in [9.17, 15) is 0 Å². The number of hydrogen-bond acceptors (Lipinski definition) is 3. The van der Waals surface area contributed by atoms with Gasteiger partial charge in [0.2, 0.25) is 0 Å². The van der Waals surface area contributed by atoms with E-state index < -0.39 is 0 Å². The maximum Gasteiger partial charge on any atom is 0.138 e. The first-order valence-electron chi connectivity index (χ1n) is 9.33. The maximum atomic E-state index is 4.73. The van der Waals surface area contributed by atoms with Crippen LogP contribution in [0.5, 0.6) is 0 Å². The smallest absolute Gasteiger partial charge is 0.138 e. The van der Waals surface area contributed by atoms with E-state index in [1.54, 1.807) is 0 Å². The molecular formula is C24H23N3. The first kappa shape index (κ1) is 17.2. The van der Waals surface area contributed by atoms with Crippen LogP contribution >= 0.6 is 0 Å². The van der Waals surface area contributed by atoms with E-state index in [4.69, 9.17) is 4.98 Å². The van der Waals surface area contributed by atoms with Crippen LogP contribution in [0.3, 0.4) is 0 Å². The summed E-state index contributed by atoms with van der Waals surface area (Å²) in [6.45, 7) is 4.41. The van der Waals surface area contributed by atoms with Gasteiger partial charge in [0.15, 0.2) is 0 Å². The van der Waals surface area contributed by atoms with Gasteiger partial charge in [-0.1, -0.05) is 50.2 Å². The second-order valence-electron chi connectivity index (χ2n) is 7.11. The number of nitrogens with one attached hydrogen (secondary N) is 1. The summed E-state index contributed by atoms with van der Waals surface area (Å²) in [5.41, 5.74) is 4.85. The van der Waals surface area contributed by atoms with Crippen molar-refractivity contribution in [2.75, 3.05) is 5.32 Å². The zero-order valence-electron chi connectivity index (χ0n) is 15.7. The Kier molecular flexibility index (Phi) is 4.84. The Morgan fingerprint density at radius 1 is 0.852 bits per heavy atom. The molecule has 0 atom stereocenters. The van der Waals surface area contributed by atoms with Gasteiger partial charge < -0.3 is 5.32 Å². The summed E-state index contributed by atoms with van der Waals surface area (Å²) in [4.78, 5) is 8.83. The molecule has 0 aliphatic carbocycles. The van der Waals surface area contributed by atoms with Gasteiger partial charge in [0.1, 0.15) is 5.82 Å². The summed E-state index contributed by atoms with van der Waals surface area (Å²) in [5.74, 6) is 1.42. The third-order valence-electron chi connectivity index (χ3n) is 4.86. The van der Waals surface area contributed by atoms with Crippen LogP contribution < -0.4 is 5.32 Å². The molecule has 0 radical (unpaired) electrons. The van der Waals surface area contributed by atoms with Gasteiger partial charge in [-0.15, -0.1) is 0 Å². The molecule has 2 aromatic heterocycles. The first-order valence-corrected chi connectivity index (χ1v) is 9.33. The molecule has 4 aromatic rings. The van der Waals surface area contributed by atoms with E-state index in [-0.39, 0.29) is 0 Å². The Hall–Kier alpha value is -3.20. The Labute approximate surface area is 160 Å². The van der Waals surface area contributed by atoms with Gasteiger partial charge in [-0.2, -0.15) is 0 Å². The van der Waals surface area contributed by atoms with Crippen molar-refractivity contribution in [1.82, 2.24) is 9.97 Å². The Morgan fingerprint density at radius 3 is 2.26 bits per heavy atom. The molecule has 0 aliphatic heterocycles. The van der Waals surface area contributed by atoms with Gasteiger partial charge in [0.05, 0.1) is 0 Å². The van der Waals surface area contributed by atoms with Crippen LogP contribution in [-0.2, 0) is 6.42 Å². The average Bonchev–Trinajstić information content (AvgIpc) is 2.71. The average molecular weight is 353 g/mol. The van der Waals surface area contributed by atoms with Gasteiger partial charge in [-0.3, -0.25) is 4.98 Å². The van der Waals surface area contributed by atoms with Crippen LogP contribution in [0.4, 0.5) is 11.5 Å². The minimum atomic E-state index is 0.533. The SMILES string of the molecule is CC(C)c1ccc(Nc2ncc(Cc3ccncc3)c3ccccc23)cc1. The maximum absolute atomic E-state index is 4.73. The molecular weight excluding hydrogens is 330 g/mol. The van der Waals surface area contributed by atoms with Crippen LogP contribution in [0.15, 0.2) is 79.3 Å². The molecule has 134 valence electrons. The third-order valence-corrected chi connectivity index (χ3v) is 4.86. The van der Waals surface area contributed by atoms with Crippen molar-refractivity contribution in [2.45, 2.75) is 26.2 Å². The fourth-order valence-corrected chi connectivity index (χ4v) is 3.30. The van der Waals surface area contributed by atoms with E-state index in [2.05, 4.69) is 84.8 Å². The van der Waals surface area contributed by atoms with Gasteiger partial charge in [0.25, 0.3) is 0 Å². The predicted octanol–water partition coefficient (Wildman–Crippen LogP) is 6.09. The van der Waals surface area contributed by atoms with Gasteiger partial charge in [-0.25, -0.2) is 4.98 Å². The fraction of sp³-hybridized carbons (Fsp3) is 0.167. The molecule has 3 nitrogen and oxygen atoms in total. The highest BCUT2D eigenvalue weighted by Crippen LogP contribution is 2.28. The Morgan fingerprint density at radius 2 is 1.56 bits per heavy atom. The molecule has 1 N–H and O–H groups in total. The molecule has 0 spiro atoms. The van der Waals surface area contributed by atoms with Crippen LogP contribution in [-0.4, -0.2) is 9.97 Å². The van der Waals surface area contributed by atoms with Crippen molar-refractivity contribution in [3.05, 3.63) is 95.9 Å². The number of fused-ring (bicyclic) bond motifs is 1. The topological polar surface area (TPSA) is 37.8 Å². The largest absolute Gasteiger partial charge is 0.340 e. The molecule has 2 aromatic carbocycles. The van der Waals surface area contributed by atoms with E-state index in [0.29, 0.717) is 5.92 Å². The third kappa shape index (κ3) is 3.82. The second kappa shape index (κ2) is 7.58. The normalized spacial score (nSPS) is 11.1. The van der Waals surface area contributed by atoms with Crippen molar-refractivity contribution in [2.24, 2.45) is 0 Å². The number of hydrogen-bond donors (Lipinski definition) is 1. The highest BCUT2D eigenvalue weighted by atomic mass is 15.0. The molecule has 0 unspecified atom stereocenters. The molecule has 0 aliphatic rings. The monoisotopic (exact) mass is 353 g/mol. The number of rotatable bonds is 5. The molecule has 0 fully saturated rings. The molecule has 27 heavy (non-hydrogen) atoms. The van der Waals surface area contributed by atoms with Crippen molar-refractivity contribution < 1.29 is 0 Å². The lowest BCUT2D eigenvalue weighted by molar-refractivity contribution is 0.867. The number of aromatic nitrogens is 2. The lowest BCUT2D eigenvalue weighted by Crippen LogP contribution is -1.99. The number of anilines is 2. The van der Waals surface area contributed by atoms with Gasteiger partial charge >= 0.3 is 0 Å². The summed E-state index contributed by atoms with van der Waals surface area (Å²) in [7, 11) is 0. The van der Waals surface area contributed by atoms with Gasteiger partial charge in [0, 0.05) is 29.7 Å². The molecule has 0 bridgehead atoms. The van der Waals surface area contributed by atoms with Crippen LogP contribution in [0, 0.1) is 0 Å². The molecule has 2 heterocycles. The lowest BCUT2D eigenvalue weighted by atomic mass is 10.0. The standard InChI is InChI=1S/C24H23N3/c1-17(2)19-7-9-21(10-8-19)27-24-23-6-4-3-5-22(23)20(16-26-24)15-18-11-13-25-14-12-18/h3-14,16-17H,15H2,1-2H3,(H,26,27). The molecule has 4 rings (SSSR count). The number of pyridine rings is 2. The van der Waals surface area contributed by atoms with Crippen LogP contribution in [0.1, 0.15) is 36.5 Å². The minimum Gasteiger partial charge on any atom is -0.340 e. The Bertz CT molecular complexity index is 1040. The fourth-order valence-electron chi connectivity index (χ4n) is 3.30. The zero-order valence-corrected chi connectivity index (χ0v) is 15.7. The Balaban J connectivity index is 1.67. The van der Waals surface area contributed by atoms with Crippen molar-refractivity contribution in [3.8, 4) is 0 Å². The number of benzene rings is 2. The van der Waals surface area contributed by atoms with Gasteiger partial charge in [-0.05, 0) is 58.7 Å². The molecule has 3 heteroatoms. The summed E-state index contributed by atoms with van der Waals surface area (Å²) in [5, 5.41) is 5.85. The first-order chi connectivity index (χ1) is 13.2. The van der Waals surface area contributed by atoms with Crippen LogP contribution in [0.25, 0.3) is 10.8 Å². The number of nitrogens with zero attached hydrogens (tertiary/aromatic N) is 2. The van der Waals surface area contributed by atoms with E-state index in [1.807, 2.05) is 18.6 Å². The minimum absolute atomic E-state index is 0.533.